The van der Waals surface area contributed by atoms with Crippen LogP contribution in [-0.4, -0.2) is 47.4 Å². The van der Waals surface area contributed by atoms with Crippen LogP contribution in [0.1, 0.15) is 38.0 Å². The standard InChI is InChI=1S/C18H25F2N5O3S2/c1-10(2)7-13(9-26)21-16-22-17(25-30(4,27)28)24-18(23-16)29-11(3)14-6-5-12(19)8-15(14)20/h5-6,8,10-11,13,26H,7,9H2,1-4H3,(H2,21,22,23,24,25)/t11-,13-/m1/s1. The molecule has 0 unspecified atom stereocenters. The molecular formula is C18H25F2N5O3S2. The molecular weight excluding hydrogens is 436 g/mol. The fourth-order valence-electron chi connectivity index (χ4n) is 2.67. The molecule has 0 bridgehead atoms. The zero-order valence-electron chi connectivity index (χ0n) is 17.1. The fraction of sp³-hybridized carbons (Fsp3) is 0.500. The van der Waals surface area contributed by atoms with Gasteiger partial charge in [0.05, 0.1) is 18.9 Å². The summed E-state index contributed by atoms with van der Waals surface area (Å²) in [6.45, 7) is 5.51. The molecule has 0 radical (unpaired) electrons. The molecule has 8 nitrogen and oxygen atoms in total. The minimum atomic E-state index is -3.65. The van der Waals surface area contributed by atoms with Crippen LogP contribution in [0.25, 0.3) is 0 Å². The molecule has 30 heavy (non-hydrogen) atoms. The number of thioether (sulfide) groups is 1. The normalized spacial score (nSPS) is 13.9. The van der Waals surface area contributed by atoms with Crippen molar-refractivity contribution in [2.45, 2.75) is 43.6 Å². The van der Waals surface area contributed by atoms with Gasteiger partial charge in [-0.25, -0.2) is 17.2 Å². The largest absolute Gasteiger partial charge is 0.394 e. The number of hydrogen-bond acceptors (Lipinski definition) is 8. The van der Waals surface area contributed by atoms with E-state index in [0.717, 1.165) is 30.2 Å². The second-order valence-electron chi connectivity index (χ2n) is 7.22. The van der Waals surface area contributed by atoms with E-state index in [9.17, 15) is 22.3 Å². The van der Waals surface area contributed by atoms with E-state index < -0.39 is 26.9 Å². The predicted octanol–water partition coefficient (Wildman–Crippen LogP) is 3.19. The van der Waals surface area contributed by atoms with Crippen LogP contribution < -0.4 is 10.0 Å². The topological polar surface area (TPSA) is 117 Å². The summed E-state index contributed by atoms with van der Waals surface area (Å²) in [6.07, 6.45) is 1.60. The highest BCUT2D eigenvalue weighted by Gasteiger charge is 2.19. The number of aromatic nitrogens is 3. The molecule has 1 heterocycles. The lowest BCUT2D eigenvalue weighted by atomic mass is 10.0. The Labute approximate surface area is 179 Å². The number of nitrogens with one attached hydrogen (secondary N) is 2. The summed E-state index contributed by atoms with van der Waals surface area (Å²) in [4.78, 5) is 12.4. The highest BCUT2D eigenvalue weighted by atomic mass is 32.2. The molecule has 2 rings (SSSR count). The number of hydrogen-bond donors (Lipinski definition) is 3. The second kappa shape index (κ2) is 10.3. The van der Waals surface area contributed by atoms with Crippen molar-refractivity contribution in [3.8, 4) is 0 Å². The number of benzene rings is 1. The average Bonchev–Trinajstić information content (AvgIpc) is 2.58. The number of aliphatic hydroxyl groups excluding tert-OH is 1. The lowest BCUT2D eigenvalue weighted by Gasteiger charge is -2.19. The van der Waals surface area contributed by atoms with Crippen molar-refractivity contribution in [1.29, 1.82) is 0 Å². The van der Waals surface area contributed by atoms with Crippen LogP contribution in [0.15, 0.2) is 23.4 Å². The number of anilines is 2. The van der Waals surface area contributed by atoms with Gasteiger partial charge in [0.15, 0.2) is 5.16 Å². The van der Waals surface area contributed by atoms with E-state index in [1.165, 1.54) is 6.07 Å². The molecule has 1 aromatic heterocycles. The van der Waals surface area contributed by atoms with Gasteiger partial charge in [-0.1, -0.05) is 31.7 Å². The number of halogens is 2. The molecule has 1 aromatic carbocycles. The van der Waals surface area contributed by atoms with Gasteiger partial charge in [-0.15, -0.1) is 0 Å². The first-order valence-electron chi connectivity index (χ1n) is 9.19. The van der Waals surface area contributed by atoms with Crippen LogP contribution in [-0.2, 0) is 10.0 Å². The number of nitrogens with zero attached hydrogens (tertiary/aromatic N) is 3. The van der Waals surface area contributed by atoms with Gasteiger partial charge in [-0.05, 0) is 25.3 Å². The van der Waals surface area contributed by atoms with Crippen LogP contribution in [0.4, 0.5) is 20.7 Å². The quantitative estimate of drug-likeness (QED) is 0.462. The average molecular weight is 462 g/mol. The van der Waals surface area contributed by atoms with Crippen molar-refractivity contribution < 1.29 is 22.3 Å². The summed E-state index contributed by atoms with van der Waals surface area (Å²) < 4.78 is 52.7. The summed E-state index contributed by atoms with van der Waals surface area (Å²) in [5.41, 5.74) is 0.252. The van der Waals surface area contributed by atoms with Gasteiger partial charge in [-0.3, -0.25) is 4.72 Å². The van der Waals surface area contributed by atoms with Gasteiger partial charge in [-0.2, -0.15) is 15.0 Å². The first-order chi connectivity index (χ1) is 14.0. The monoisotopic (exact) mass is 461 g/mol. The van der Waals surface area contributed by atoms with Gasteiger partial charge in [0.2, 0.25) is 21.9 Å². The molecule has 0 saturated carbocycles. The summed E-state index contributed by atoms with van der Waals surface area (Å²) in [7, 11) is -3.65. The van der Waals surface area contributed by atoms with Gasteiger partial charge in [0.25, 0.3) is 0 Å². The van der Waals surface area contributed by atoms with Gasteiger partial charge in [0.1, 0.15) is 11.6 Å². The molecule has 0 saturated heterocycles. The molecule has 3 N–H and O–H groups in total. The Kier molecular flexibility index (Phi) is 8.33. The molecule has 0 amide bonds. The molecule has 0 fully saturated rings. The van der Waals surface area contributed by atoms with Crippen LogP contribution in [0.2, 0.25) is 0 Å². The highest BCUT2D eigenvalue weighted by Crippen LogP contribution is 2.35. The Morgan fingerprint density at radius 3 is 2.37 bits per heavy atom. The van der Waals surface area contributed by atoms with E-state index >= 15 is 0 Å². The van der Waals surface area contributed by atoms with Crippen LogP contribution >= 0.6 is 11.8 Å². The van der Waals surface area contributed by atoms with Crippen molar-refractivity contribution in [2.24, 2.45) is 5.92 Å². The van der Waals surface area contributed by atoms with Gasteiger partial charge in [0, 0.05) is 16.9 Å². The molecule has 0 aliphatic carbocycles. The van der Waals surface area contributed by atoms with E-state index in [0.29, 0.717) is 12.3 Å². The Balaban J connectivity index is 2.33. The Morgan fingerprint density at radius 2 is 1.80 bits per heavy atom. The third kappa shape index (κ3) is 7.65. The van der Waals surface area contributed by atoms with Crippen LogP contribution in [0, 0.1) is 17.6 Å². The number of aliphatic hydroxyl groups is 1. The molecule has 0 aliphatic rings. The lowest BCUT2D eigenvalue weighted by Crippen LogP contribution is -2.27. The van der Waals surface area contributed by atoms with Crippen molar-refractivity contribution in [3.05, 3.63) is 35.4 Å². The Hall–Kier alpha value is -2.05. The van der Waals surface area contributed by atoms with E-state index in [-0.39, 0.29) is 35.3 Å². The maximum Gasteiger partial charge on any atom is 0.242 e. The minimum Gasteiger partial charge on any atom is -0.394 e. The molecule has 0 spiro atoms. The lowest BCUT2D eigenvalue weighted by molar-refractivity contribution is 0.259. The number of rotatable bonds is 10. The maximum atomic E-state index is 14.1. The Morgan fingerprint density at radius 1 is 1.13 bits per heavy atom. The van der Waals surface area contributed by atoms with Crippen molar-refractivity contribution in [1.82, 2.24) is 15.0 Å². The summed E-state index contributed by atoms with van der Waals surface area (Å²) in [6, 6.07) is 2.94. The molecule has 166 valence electrons. The first-order valence-corrected chi connectivity index (χ1v) is 12.0. The van der Waals surface area contributed by atoms with Crippen molar-refractivity contribution >= 4 is 33.7 Å². The fourth-order valence-corrected chi connectivity index (χ4v) is 4.00. The predicted molar refractivity (Wildman–Crippen MR) is 113 cm³/mol. The first kappa shape index (κ1) is 24.2. The highest BCUT2D eigenvalue weighted by molar-refractivity contribution is 7.99. The van der Waals surface area contributed by atoms with Gasteiger partial charge >= 0.3 is 0 Å². The van der Waals surface area contributed by atoms with Gasteiger partial charge < -0.3 is 10.4 Å². The SMILES string of the molecule is CC(C)C[C@H](CO)Nc1nc(NS(C)(=O)=O)nc(S[C@H](C)c2ccc(F)cc2F)n1. The Bertz CT molecular complexity index is 976. The summed E-state index contributed by atoms with van der Waals surface area (Å²) >= 11 is 1.06. The van der Waals surface area contributed by atoms with E-state index in [4.69, 9.17) is 0 Å². The molecule has 12 heteroatoms. The van der Waals surface area contributed by atoms with Crippen LogP contribution in [0.5, 0.6) is 0 Å². The van der Waals surface area contributed by atoms with Crippen LogP contribution in [0.3, 0.4) is 0 Å². The van der Waals surface area contributed by atoms with E-state index in [1.54, 1.807) is 6.92 Å². The van der Waals surface area contributed by atoms with E-state index in [1.807, 2.05) is 13.8 Å². The zero-order valence-corrected chi connectivity index (χ0v) is 18.7. The third-order valence-corrected chi connectivity index (χ3v) is 5.44. The minimum absolute atomic E-state index is 0.0742. The maximum absolute atomic E-state index is 14.1. The van der Waals surface area contributed by atoms with E-state index in [2.05, 4.69) is 25.0 Å². The van der Waals surface area contributed by atoms with Crippen molar-refractivity contribution in [2.75, 3.05) is 22.9 Å². The third-order valence-electron chi connectivity index (χ3n) is 3.88. The summed E-state index contributed by atoms with van der Waals surface area (Å²) in [5, 5.41) is 12.2. The molecule has 2 atom stereocenters. The molecule has 0 aliphatic heterocycles. The summed E-state index contributed by atoms with van der Waals surface area (Å²) in [5.74, 6) is -1.22. The molecule has 2 aromatic rings. The zero-order chi connectivity index (χ0) is 22.5. The smallest absolute Gasteiger partial charge is 0.242 e. The van der Waals surface area contributed by atoms with Crippen molar-refractivity contribution in [3.63, 3.8) is 0 Å². The number of sulfonamides is 1. The second-order valence-corrected chi connectivity index (χ2v) is 10.3.